The Balaban J connectivity index is 1.60. The molecule has 0 amide bonds. The molecule has 0 aliphatic heterocycles. The molecule has 1 aliphatic carbocycles. The molecule has 1 atom stereocenters. The summed E-state index contributed by atoms with van der Waals surface area (Å²) in [6.07, 6.45) is 3.47. The van der Waals surface area contributed by atoms with E-state index in [1.165, 1.54) is 0 Å². The highest BCUT2D eigenvalue weighted by molar-refractivity contribution is 9.10. The van der Waals surface area contributed by atoms with Crippen LogP contribution in [0.4, 0.5) is 0 Å². The zero-order chi connectivity index (χ0) is 18.8. The number of benzene rings is 2. The van der Waals surface area contributed by atoms with Crippen LogP contribution in [0.1, 0.15) is 41.2 Å². The number of hydrogen-bond acceptors (Lipinski definition) is 3. The maximum atomic E-state index is 12.7. The van der Waals surface area contributed by atoms with Crippen LogP contribution in [0.25, 0.3) is 0 Å². The van der Waals surface area contributed by atoms with Crippen molar-refractivity contribution in [2.75, 3.05) is 0 Å². The van der Waals surface area contributed by atoms with E-state index in [1.807, 2.05) is 54.6 Å². The smallest absolute Gasteiger partial charge is 0.343 e. The lowest BCUT2D eigenvalue weighted by molar-refractivity contribution is 0.404. The first kappa shape index (κ1) is 18.1. The van der Waals surface area contributed by atoms with Crippen LogP contribution in [0.15, 0.2) is 74.3 Å². The maximum Gasteiger partial charge on any atom is 0.343 e. The Morgan fingerprint density at radius 2 is 1.74 bits per heavy atom. The Morgan fingerprint density at radius 3 is 2.37 bits per heavy atom. The molecule has 1 aromatic heterocycles. The normalized spacial score (nSPS) is 14.9. The third kappa shape index (κ3) is 4.16. The monoisotopic (exact) mass is 424 g/mol. The Hall–Kier alpha value is -2.33. The Morgan fingerprint density at radius 1 is 1.04 bits per heavy atom. The van der Waals surface area contributed by atoms with E-state index in [4.69, 9.17) is 4.42 Å². The summed E-state index contributed by atoms with van der Waals surface area (Å²) < 4.78 is 6.62. The summed E-state index contributed by atoms with van der Waals surface area (Å²) in [5.41, 5.74) is 2.20. The number of aromatic hydroxyl groups is 1. The van der Waals surface area contributed by atoms with Crippen LogP contribution in [0.3, 0.4) is 0 Å². The molecule has 1 heterocycles. The Kier molecular flexibility index (Phi) is 5.17. The number of halogens is 1. The van der Waals surface area contributed by atoms with E-state index in [-0.39, 0.29) is 11.7 Å². The second-order valence-corrected chi connectivity index (χ2v) is 8.07. The summed E-state index contributed by atoms with van der Waals surface area (Å²) in [4.78, 5) is 12.7. The number of rotatable bonds is 6. The van der Waals surface area contributed by atoms with Gasteiger partial charge in [-0.3, -0.25) is 0 Å². The van der Waals surface area contributed by atoms with Crippen molar-refractivity contribution in [2.24, 2.45) is 5.92 Å². The van der Waals surface area contributed by atoms with Crippen molar-refractivity contribution in [1.29, 1.82) is 0 Å². The molecule has 3 nitrogen and oxygen atoms in total. The standard InChI is InChI=1S/C23H21BrO3/c24-18-11-6-15(7-12-18)8-13-19-14-20(25)22(23(26)27-19)21(17-9-10-17)16-4-2-1-3-5-16/h1-7,11-12,14,17,21,25H,8-10,13H2. The average Bonchev–Trinajstić information content (AvgIpc) is 3.50. The van der Waals surface area contributed by atoms with E-state index in [1.54, 1.807) is 6.07 Å². The van der Waals surface area contributed by atoms with E-state index >= 15 is 0 Å². The molecule has 2 aromatic carbocycles. The first-order valence-electron chi connectivity index (χ1n) is 9.27. The van der Waals surface area contributed by atoms with Crippen LogP contribution in [-0.2, 0) is 12.8 Å². The fraction of sp³-hybridized carbons (Fsp3) is 0.261. The third-order valence-corrected chi connectivity index (χ3v) is 5.68. The van der Waals surface area contributed by atoms with Gasteiger partial charge in [-0.15, -0.1) is 0 Å². The van der Waals surface area contributed by atoms with Gasteiger partial charge in [-0.25, -0.2) is 4.79 Å². The van der Waals surface area contributed by atoms with Crippen LogP contribution in [0.2, 0.25) is 0 Å². The lowest BCUT2D eigenvalue weighted by Gasteiger charge is -2.17. The van der Waals surface area contributed by atoms with E-state index in [0.717, 1.165) is 34.9 Å². The van der Waals surface area contributed by atoms with Gasteiger partial charge < -0.3 is 9.52 Å². The molecule has 1 unspecified atom stereocenters. The van der Waals surface area contributed by atoms with Gasteiger partial charge in [-0.1, -0.05) is 58.4 Å². The minimum absolute atomic E-state index is 0.0535. The fourth-order valence-corrected chi connectivity index (χ4v) is 3.90. The molecule has 1 N–H and O–H groups in total. The summed E-state index contributed by atoms with van der Waals surface area (Å²) >= 11 is 3.43. The van der Waals surface area contributed by atoms with Crippen LogP contribution < -0.4 is 5.63 Å². The number of aryl methyl sites for hydroxylation is 2. The van der Waals surface area contributed by atoms with Crippen molar-refractivity contribution in [3.8, 4) is 5.75 Å². The van der Waals surface area contributed by atoms with Gasteiger partial charge in [0.25, 0.3) is 0 Å². The van der Waals surface area contributed by atoms with E-state index in [9.17, 15) is 9.90 Å². The van der Waals surface area contributed by atoms with Gasteiger partial charge in [0.15, 0.2) is 0 Å². The maximum absolute atomic E-state index is 12.7. The topological polar surface area (TPSA) is 50.4 Å². The molecule has 3 aromatic rings. The van der Waals surface area contributed by atoms with Crippen molar-refractivity contribution in [1.82, 2.24) is 0 Å². The summed E-state index contributed by atoms with van der Waals surface area (Å²) in [6.45, 7) is 0. The zero-order valence-corrected chi connectivity index (χ0v) is 16.5. The minimum atomic E-state index is -0.415. The zero-order valence-electron chi connectivity index (χ0n) is 14.9. The van der Waals surface area contributed by atoms with Crippen molar-refractivity contribution in [3.05, 3.63) is 98.0 Å². The summed E-state index contributed by atoms with van der Waals surface area (Å²) in [7, 11) is 0. The van der Waals surface area contributed by atoms with E-state index < -0.39 is 5.63 Å². The summed E-state index contributed by atoms with van der Waals surface area (Å²) in [5.74, 6) is 0.877. The van der Waals surface area contributed by atoms with Crippen LogP contribution in [-0.4, -0.2) is 5.11 Å². The van der Waals surface area contributed by atoms with Crippen molar-refractivity contribution >= 4 is 15.9 Å². The molecule has 0 spiro atoms. The van der Waals surface area contributed by atoms with Gasteiger partial charge in [-0.05, 0) is 48.4 Å². The number of hydrogen-bond donors (Lipinski definition) is 1. The molecule has 0 bridgehead atoms. The highest BCUT2D eigenvalue weighted by atomic mass is 79.9. The van der Waals surface area contributed by atoms with Crippen LogP contribution in [0, 0.1) is 5.92 Å². The van der Waals surface area contributed by atoms with E-state index in [2.05, 4.69) is 15.9 Å². The van der Waals surface area contributed by atoms with Gasteiger partial charge in [0.1, 0.15) is 11.5 Å². The first-order chi connectivity index (χ1) is 13.1. The molecule has 0 radical (unpaired) electrons. The summed E-state index contributed by atoms with van der Waals surface area (Å²) in [6, 6.07) is 19.6. The van der Waals surface area contributed by atoms with Gasteiger partial charge in [0.2, 0.25) is 0 Å². The van der Waals surface area contributed by atoms with Crippen molar-refractivity contribution < 1.29 is 9.52 Å². The molecule has 1 fully saturated rings. The fourth-order valence-electron chi connectivity index (χ4n) is 3.63. The van der Waals surface area contributed by atoms with Crippen LogP contribution in [0.5, 0.6) is 5.75 Å². The molecule has 1 aliphatic rings. The van der Waals surface area contributed by atoms with Gasteiger partial charge in [0.05, 0.1) is 5.56 Å². The summed E-state index contributed by atoms with van der Waals surface area (Å²) in [5, 5.41) is 10.6. The lowest BCUT2D eigenvalue weighted by atomic mass is 9.87. The largest absolute Gasteiger partial charge is 0.507 e. The van der Waals surface area contributed by atoms with Crippen molar-refractivity contribution in [3.63, 3.8) is 0 Å². The van der Waals surface area contributed by atoms with Gasteiger partial charge >= 0.3 is 5.63 Å². The second kappa shape index (κ2) is 7.73. The van der Waals surface area contributed by atoms with Gasteiger partial charge in [-0.2, -0.15) is 0 Å². The molecule has 138 valence electrons. The quantitative estimate of drug-likeness (QED) is 0.573. The molecular formula is C23H21BrO3. The SMILES string of the molecule is O=c1oc(CCc2ccc(Br)cc2)cc(O)c1C(c1ccccc1)C1CC1. The predicted molar refractivity (Wildman–Crippen MR) is 109 cm³/mol. The Bertz CT molecular complexity index is 973. The lowest BCUT2D eigenvalue weighted by Crippen LogP contribution is -2.16. The third-order valence-electron chi connectivity index (χ3n) is 5.15. The second-order valence-electron chi connectivity index (χ2n) is 7.15. The van der Waals surface area contributed by atoms with Gasteiger partial charge in [0, 0.05) is 22.9 Å². The molecule has 27 heavy (non-hydrogen) atoms. The van der Waals surface area contributed by atoms with E-state index in [0.29, 0.717) is 23.7 Å². The first-order valence-corrected chi connectivity index (χ1v) is 10.1. The molecule has 4 rings (SSSR count). The predicted octanol–water partition coefficient (Wildman–Crippen LogP) is 5.44. The molecule has 4 heteroatoms. The van der Waals surface area contributed by atoms with Crippen molar-refractivity contribution in [2.45, 2.75) is 31.6 Å². The van der Waals surface area contributed by atoms with Crippen LogP contribution >= 0.6 is 15.9 Å². The highest BCUT2D eigenvalue weighted by Gasteiger charge is 2.37. The molecule has 0 saturated heterocycles. The highest BCUT2D eigenvalue weighted by Crippen LogP contribution is 2.47. The minimum Gasteiger partial charge on any atom is -0.507 e. The Labute approximate surface area is 166 Å². The molecular weight excluding hydrogens is 404 g/mol. The molecule has 1 saturated carbocycles. The average molecular weight is 425 g/mol.